The van der Waals surface area contributed by atoms with E-state index >= 15 is 0 Å². The van der Waals surface area contributed by atoms with Gasteiger partial charge in [0.15, 0.2) is 11.5 Å². The maximum absolute atomic E-state index is 12.5. The molecule has 1 aromatic rings. The van der Waals surface area contributed by atoms with E-state index in [1.54, 1.807) is 12.1 Å². The minimum atomic E-state index is -3.22. The van der Waals surface area contributed by atoms with Crippen molar-refractivity contribution in [2.45, 2.75) is 32.6 Å². The van der Waals surface area contributed by atoms with Crippen molar-refractivity contribution < 1.29 is 22.7 Å². The number of fused-ring (bicyclic) bond motifs is 1. The van der Waals surface area contributed by atoms with Gasteiger partial charge in [-0.05, 0) is 19.3 Å². The van der Waals surface area contributed by atoms with Crippen LogP contribution in [0.25, 0.3) is 0 Å². The van der Waals surface area contributed by atoms with Crippen LogP contribution in [0.4, 0.5) is 11.4 Å². The third-order valence-corrected chi connectivity index (χ3v) is 6.73. The third kappa shape index (κ3) is 4.04. The van der Waals surface area contributed by atoms with Crippen molar-refractivity contribution in [3.63, 3.8) is 0 Å². The lowest BCUT2D eigenvalue weighted by molar-refractivity contribution is -0.120. The first kappa shape index (κ1) is 18.8. The van der Waals surface area contributed by atoms with Crippen LogP contribution in [0.5, 0.6) is 11.5 Å². The number of nitrogens with one attached hydrogen (secondary N) is 1. The molecule has 0 radical (unpaired) electrons. The van der Waals surface area contributed by atoms with Gasteiger partial charge in [-0.2, -0.15) is 0 Å². The van der Waals surface area contributed by atoms with E-state index in [1.807, 2.05) is 6.92 Å². The summed E-state index contributed by atoms with van der Waals surface area (Å²) in [5, 5.41) is 2.83. The fourth-order valence-electron chi connectivity index (χ4n) is 3.15. The first-order valence-electron chi connectivity index (χ1n) is 8.88. The quantitative estimate of drug-likeness (QED) is 0.725. The van der Waals surface area contributed by atoms with Crippen molar-refractivity contribution in [2.75, 3.05) is 36.7 Å². The van der Waals surface area contributed by atoms with Crippen LogP contribution in [0.1, 0.15) is 32.6 Å². The number of sulfonamides is 1. The number of amides is 1. The predicted octanol–water partition coefficient (Wildman–Crippen LogP) is 1.78. The van der Waals surface area contributed by atoms with Gasteiger partial charge in [-0.25, -0.2) is 12.7 Å². The molecule has 2 aliphatic heterocycles. The fraction of sp³-hybridized carbons (Fsp3) is 0.588. The Bertz CT molecular complexity index is 773. The van der Waals surface area contributed by atoms with E-state index < -0.39 is 10.0 Å². The van der Waals surface area contributed by atoms with Crippen LogP contribution in [0, 0.1) is 5.92 Å². The second kappa shape index (κ2) is 7.71. The van der Waals surface area contributed by atoms with Gasteiger partial charge >= 0.3 is 0 Å². The zero-order valence-corrected chi connectivity index (χ0v) is 15.7. The molecule has 0 saturated carbocycles. The van der Waals surface area contributed by atoms with E-state index in [-0.39, 0.29) is 24.4 Å². The highest BCUT2D eigenvalue weighted by molar-refractivity contribution is 7.89. The second-order valence-electron chi connectivity index (χ2n) is 6.62. The Kier molecular flexibility index (Phi) is 5.57. The van der Waals surface area contributed by atoms with Gasteiger partial charge in [0, 0.05) is 31.1 Å². The van der Waals surface area contributed by atoms with E-state index in [0.29, 0.717) is 55.2 Å². The van der Waals surface area contributed by atoms with E-state index in [9.17, 15) is 13.2 Å². The molecule has 0 aliphatic carbocycles. The number of carbonyl (C=O) groups is 1. The summed E-state index contributed by atoms with van der Waals surface area (Å²) in [5.41, 5.74) is 6.85. The molecule has 9 heteroatoms. The van der Waals surface area contributed by atoms with Crippen LogP contribution >= 0.6 is 0 Å². The summed E-state index contributed by atoms with van der Waals surface area (Å²) in [6, 6.07) is 3.28. The molecule has 0 bridgehead atoms. The highest BCUT2D eigenvalue weighted by Gasteiger charge is 2.31. The Morgan fingerprint density at radius 2 is 1.92 bits per heavy atom. The molecule has 144 valence electrons. The van der Waals surface area contributed by atoms with E-state index in [2.05, 4.69) is 5.32 Å². The number of piperidine rings is 1. The summed E-state index contributed by atoms with van der Waals surface area (Å²) < 4.78 is 36.5. The largest absolute Gasteiger partial charge is 0.454 e. The Balaban J connectivity index is 1.58. The van der Waals surface area contributed by atoms with Crippen molar-refractivity contribution in [1.82, 2.24) is 4.31 Å². The number of nitrogens with zero attached hydrogens (tertiary/aromatic N) is 1. The highest BCUT2D eigenvalue weighted by Crippen LogP contribution is 2.38. The van der Waals surface area contributed by atoms with Gasteiger partial charge in [0.1, 0.15) is 0 Å². The summed E-state index contributed by atoms with van der Waals surface area (Å²) in [7, 11) is -3.22. The molecule has 2 aliphatic rings. The zero-order valence-electron chi connectivity index (χ0n) is 14.9. The van der Waals surface area contributed by atoms with Crippen LogP contribution in [-0.2, 0) is 14.8 Å². The predicted molar refractivity (Wildman–Crippen MR) is 98.6 cm³/mol. The van der Waals surface area contributed by atoms with Crippen molar-refractivity contribution in [2.24, 2.45) is 5.92 Å². The van der Waals surface area contributed by atoms with Crippen molar-refractivity contribution >= 4 is 27.3 Å². The number of anilines is 2. The van der Waals surface area contributed by atoms with Crippen LogP contribution in [0.15, 0.2) is 12.1 Å². The van der Waals surface area contributed by atoms with Crippen LogP contribution in [0.3, 0.4) is 0 Å². The molecule has 1 amide bonds. The summed E-state index contributed by atoms with van der Waals surface area (Å²) in [4.78, 5) is 12.5. The van der Waals surface area contributed by atoms with Gasteiger partial charge in [-0.3, -0.25) is 4.79 Å². The molecular formula is C17H25N3O5S. The molecule has 1 saturated heterocycles. The maximum atomic E-state index is 12.5. The molecular weight excluding hydrogens is 358 g/mol. The van der Waals surface area contributed by atoms with Gasteiger partial charge in [0.25, 0.3) is 0 Å². The minimum absolute atomic E-state index is 0.136. The number of hydrogen-bond donors (Lipinski definition) is 2. The molecule has 0 unspecified atom stereocenters. The number of rotatable bonds is 6. The number of hydrogen-bond acceptors (Lipinski definition) is 6. The lowest BCUT2D eigenvalue weighted by Gasteiger charge is -2.30. The minimum Gasteiger partial charge on any atom is -0.454 e. The van der Waals surface area contributed by atoms with Crippen LogP contribution < -0.4 is 20.5 Å². The first-order chi connectivity index (χ1) is 12.4. The number of benzene rings is 1. The lowest BCUT2D eigenvalue weighted by Crippen LogP contribution is -2.42. The SMILES string of the molecule is CCCCS(=O)(=O)N1CCC(C(=O)Nc2cc3c(cc2N)OCO3)CC1. The average Bonchev–Trinajstić information content (AvgIpc) is 3.07. The Morgan fingerprint density at radius 1 is 1.27 bits per heavy atom. The van der Waals surface area contributed by atoms with Crippen molar-refractivity contribution in [1.29, 1.82) is 0 Å². The topological polar surface area (TPSA) is 111 Å². The molecule has 2 heterocycles. The lowest BCUT2D eigenvalue weighted by atomic mass is 9.97. The van der Waals surface area contributed by atoms with E-state index in [1.165, 1.54) is 4.31 Å². The van der Waals surface area contributed by atoms with Crippen molar-refractivity contribution in [3.05, 3.63) is 12.1 Å². The Morgan fingerprint density at radius 3 is 2.58 bits per heavy atom. The molecule has 3 N–H and O–H groups in total. The van der Waals surface area contributed by atoms with Gasteiger partial charge in [0.2, 0.25) is 22.7 Å². The van der Waals surface area contributed by atoms with E-state index in [0.717, 1.165) is 6.42 Å². The Labute approximate surface area is 153 Å². The van der Waals surface area contributed by atoms with Gasteiger partial charge in [-0.1, -0.05) is 13.3 Å². The second-order valence-corrected chi connectivity index (χ2v) is 8.71. The maximum Gasteiger partial charge on any atom is 0.231 e. The van der Waals surface area contributed by atoms with Gasteiger partial charge < -0.3 is 20.5 Å². The smallest absolute Gasteiger partial charge is 0.231 e. The molecule has 0 aromatic heterocycles. The summed E-state index contributed by atoms with van der Waals surface area (Å²) >= 11 is 0. The number of nitrogens with two attached hydrogens (primary N) is 1. The standard InChI is InChI=1S/C17H25N3O5S/c1-2-3-8-26(22,23)20-6-4-12(5-7-20)17(21)19-14-10-16-15(9-13(14)18)24-11-25-16/h9-10,12H,2-8,11,18H2,1H3,(H,19,21). The van der Waals surface area contributed by atoms with Gasteiger partial charge in [0.05, 0.1) is 17.1 Å². The number of unbranched alkanes of at least 4 members (excludes halogenated alkanes) is 1. The average molecular weight is 383 g/mol. The summed E-state index contributed by atoms with van der Waals surface area (Å²) in [6.07, 6.45) is 2.50. The number of carbonyl (C=O) groups excluding carboxylic acids is 1. The van der Waals surface area contributed by atoms with Crippen LogP contribution in [0.2, 0.25) is 0 Å². The molecule has 3 rings (SSSR count). The zero-order chi connectivity index (χ0) is 18.7. The first-order valence-corrected chi connectivity index (χ1v) is 10.5. The molecule has 8 nitrogen and oxygen atoms in total. The fourth-order valence-corrected chi connectivity index (χ4v) is 4.83. The molecule has 1 fully saturated rings. The highest BCUT2D eigenvalue weighted by atomic mass is 32.2. The van der Waals surface area contributed by atoms with Gasteiger partial charge in [-0.15, -0.1) is 0 Å². The third-order valence-electron chi connectivity index (χ3n) is 4.78. The number of ether oxygens (including phenoxy) is 2. The van der Waals surface area contributed by atoms with Crippen molar-refractivity contribution in [3.8, 4) is 11.5 Å². The Hall–Kier alpha value is -2.00. The van der Waals surface area contributed by atoms with Crippen LogP contribution in [-0.4, -0.2) is 44.3 Å². The summed E-state index contributed by atoms with van der Waals surface area (Å²) in [6.45, 7) is 2.85. The molecule has 26 heavy (non-hydrogen) atoms. The van der Waals surface area contributed by atoms with E-state index in [4.69, 9.17) is 15.2 Å². The molecule has 1 aromatic carbocycles. The number of nitrogen functional groups attached to an aromatic ring is 1. The summed E-state index contributed by atoms with van der Waals surface area (Å²) in [5.74, 6) is 0.893. The normalized spacial score (nSPS) is 18.0. The monoisotopic (exact) mass is 383 g/mol. The molecule has 0 atom stereocenters. The molecule has 0 spiro atoms.